The van der Waals surface area contributed by atoms with Crippen LogP contribution in [0.15, 0.2) is 60.7 Å². The van der Waals surface area contributed by atoms with E-state index >= 15 is 0 Å². The number of anilines is 2. The van der Waals surface area contributed by atoms with Crippen molar-refractivity contribution in [2.45, 2.75) is 37.8 Å². The maximum Gasteiger partial charge on any atom is 0.255 e. The van der Waals surface area contributed by atoms with Crippen LogP contribution in [-0.4, -0.2) is 60.9 Å². The fourth-order valence-corrected chi connectivity index (χ4v) is 3.96. The number of likely N-dealkylation sites (tertiary alicyclic amines) is 2. The fourth-order valence-electron chi connectivity index (χ4n) is 3.96. The lowest BCUT2D eigenvalue weighted by Crippen LogP contribution is -2.43. The van der Waals surface area contributed by atoms with Crippen LogP contribution in [0, 0.1) is 0 Å². The summed E-state index contributed by atoms with van der Waals surface area (Å²) >= 11 is 0. The standard InChI is InChI=1S/2C12H17N3O/c2*1-15-9-5-8-11(15)12(16)14-13-10-6-3-2-4-7-10/h2*2-4,6-7,11,13H,5,8-9H2,1H3,(H,14,16)/t2*11-/m00/s1. The van der Waals surface area contributed by atoms with E-state index < -0.39 is 0 Å². The average Bonchev–Trinajstić information content (AvgIpc) is 3.45. The second-order valence-corrected chi connectivity index (χ2v) is 8.24. The van der Waals surface area contributed by atoms with Crippen molar-refractivity contribution in [3.8, 4) is 0 Å². The number of likely N-dealkylation sites (N-methyl/N-ethyl adjacent to an activating group) is 2. The first-order valence-electron chi connectivity index (χ1n) is 11.2. The van der Waals surface area contributed by atoms with Gasteiger partial charge < -0.3 is 0 Å². The number of benzene rings is 2. The summed E-state index contributed by atoms with van der Waals surface area (Å²) in [6.45, 7) is 2.01. The first kappa shape index (κ1) is 23.6. The molecule has 2 saturated heterocycles. The molecule has 32 heavy (non-hydrogen) atoms. The normalized spacial score (nSPS) is 20.7. The van der Waals surface area contributed by atoms with Crippen LogP contribution in [0.3, 0.4) is 0 Å². The van der Waals surface area contributed by atoms with Gasteiger partial charge in [0.15, 0.2) is 0 Å². The Hall–Kier alpha value is -3.10. The smallest absolute Gasteiger partial charge is 0.255 e. The molecule has 0 radical (unpaired) electrons. The minimum atomic E-state index is 0.0104. The zero-order valence-corrected chi connectivity index (χ0v) is 18.9. The van der Waals surface area contributed by atoms with Crippen LogP contribution in [0.2, 0.25) is 0 Å². The highest BCUT2D eigenvalue weighted by Gasteiger charge is 2.28. The topological polar surface area (TPSA) is 88.7 Å². The van der Waals surface area contributed by atoms with Gasteiger partial charge in [0.1, 0.15) is 0 Å². The van der Waals surface area contributed by atoms with E-state index in [-0.39, 0.29) is 23.9 Å². The third-order valence-electron chi connectivity index (χ3n) is 5.85. The Kier molecular flexibility index (Phi) is 8.89. The van der Waals surface area contributed by atoms with Crippen LogP contribution < -0.4 is 21.7 Å². The van der Waals surface area contributed by atoms with Crippen molar-refractivity contribution < 1.29 is 9.59 Å². The molecule has 0 aliphatic carbocycles. The van der Waals surface area contributed by atoms with Gasteiger partial charge in [0, 0.05) is 0 Å². The number of amides is 2. The van der Waals surface area contributed by atoms with Crippen molar-refractivity contribution in [1.29, 1.82) is 0 Å². The number of hydrogen-bond donors (Lipinski definition) is 4. The number of nitrogens with one attached hydrogen (secondary N) is 4. The summed E-state index contributed by atoms with van der Waals surface area (Å²) in [5.41, 5.74) is 13.1. The first-order valence-corrected chi connectivity index (χ1v) is 11.2. The molecule has 2 heterocycles. The monoisotopic (exact) mass is 438 g/mol. The van der Waals surface area contributed by atoms with Gasteiger partial charge in [-0.3, -0.25) is 41.1 Å². The number of carbonyl (C=O) groups is 2. The maximum absolute atomic E-state index is 11.8. The molecule has 172 valence electrons. The molecule has 2 amide bonds. The molecule has 2 aliphatic rings. The summed E-state index contributed by atoms with van der Waals surface area (Å²) in [5, 5.41) is 0. The zero-order chi connectivity index (χ0) is 22.8. The number of para-hydroxylation sites is 2. The number of nitrogens with zero attached hydrogens (tertiary/aromatic N) is 2. The minimum absolute atomic E-state index is 0.0104. The van der Waals surface area contributed by atoms with E-state index in [1.54, 1.807) is 0 Å². The molecule has 4 N–H and O–H groups in total. The second kappa shape index (κ2) is 12.1. The van der Waals surface area contributed by atoms with Crippen LogP contribution in [0.1, 0.15) is 25.7 Å². The molecule has 2 aromatic rings. The number of rotatable bonds is 6. The molecule has 0 aromatic heterocycles. The fraction of sp³-hybridized carbons (Fsp3) is 0.417. The van der Waals surface area contributed by atoms with Crippen molar-refractivity contribution in [3.63, 3.8) is 0 Å². The Morgan fingerprint density at radius 1 is 0.688 bits per heavy atom. The van der Waals surface area contributed by atoms with E-state index in [1.165, 1.54) is 0 Å². The molecule has 8 nitrogen and oxygen atoms in total. The Labute approximate surface area is 190 Å². The summed E-state index contributed by atoms with van der Waals surface area (Å²) < 4.78 is 0. The first-order chi connectivity index (χ1) is 15.5. The van der Waals surface area contributed by atoms with Crippen LogP contribution in [0.5, 0.6) is 0 Å². The van der Waals surface area contributed by atoms with Gasteiger partial charge in [0.05, 0.1) is 23.5 Å². The second-order valence-electron chi connectivity index (χ2n) is 8.24. The molecular weight excluding hydrogens is 404 g/mol. The van der Waals surface area contributed by atoms with Gasteiger partial charge in [-0.1, -0.05) is 36.4 Å². The number of hydrazine groups is 2. The molecule has 0 saturated carbocycles. The number of hydrogen-bond acceptors (Lipinski definition) is 6. The van der Waals surface area contributed by atoms with Gasteiger partial charge in [-0.25, -0.2) is 0 Å². The Balaban J connectivity index is 0.000000181. The summed E-state index contributed by atoms with van der Waals surface area (Å²) in [7, 11) is 3.97. The molecule has 4 rings (SSSR count). The van der Waals surface area contributed by atoms with Crippen molar-refractivity contribution in [1.82, 2.24) is 20.7 Å². The SMILES string of the molecule is CN1CCC[C@H]1C(=O)NNc1ccccc1.CN1CCC[C@H]1C(=O)NNc1ccccc1. The van der Waals surface area contributed by atoms with Crippen molar-refractivity contribution in [2.75, 3.05) is 38.0 Å². The minimum Gasteiger partial charge on any atom is -0.299 e. The molecule has 0 bridgehead atoms. The van der Waals surface area contributed by atoms with E-state index in [9.17, 15) is 9.59 Å². The Morgan fingerprint density at radius 3 is 1.38 bits per heavy atom. The maximum atomic E-state index is 11.8. The van der Waals surface area contributed by atoms with Crippen molar-refractivity contribution >= 4 is 23.2 Å². The zero-order valence-electron chi connectivity index (χ0n) is 18.9. The molecule has 0 unspecified atom stereocenters. The van der Waals surface area contributed by atoms with E-state index in [0.29, 0.717) is 0 Å². The highest BCUT2D eigenvalue weighted by molar-refractivity contribution is 5.83. The van der Waals surface area contributed by atoms with Gasteiger partial charge in [0.2, 0.25) is 0 Å². The quantitative estimate of drug-likeness (QED) is 0.518. The van der Waals surface area contributed by atoms with Crippen LogP contribution in [-0.2, 0) is 9.59 Å². The van der Waals surface area contributed by atoms with E-state index in [0.717, 1.165) is 50.1 Å². The van der Waals surface area contributed by atoms with E-state index in [1.807, 2.05) is 74.8 Å². The third-order valence-corrected chi connectivity index (χ3v) is 5.85. The van der Waals surface area contributed by atoms with E-state index in [4.69, 9.17) is 0 Å². The van der Waals surface area contributed by atoms with Crippen LogP contribution in [0.25, 0.3) is 0 Å². The summed E-state index contributed by atoms with van der Waals surface area (Å²) in [6.07, 6.45) is 4.08. The van der Waals surface area contributed by atoms with Gasteiger partial charge in [-0.05, 0) is 77.1 Å². The third kappa shape index (κ3) is 6.96. The average molecular weight is 439 g/mol. The molecule has 2 aromatic carbocycles. The molecule has 2 fully saturated rings. The molecular formula is C24H34N6O2. The lowest BCUT2D eigenvalue weighted by Gasteiger charge is -2.19. The Bertz CT molecular complexity index is 777. The van der Waals surface area contributed by atoms with Crippen molar-refractivity contribution in [2.24, 2.45) is 0 Å². The van der Waals surface area contributed by atoms with Crippen LogP contribution in [0.4, 0.5) is 11.4 Å². The molecule has 8 heteroatoms. The summed E-state index contributed by atoms with van der Waals surface area (Å²) in [5.74, 6) is 0.0905. The molecule has 2 atom stereocenters. The summed E-state index contributed by atoms with van der Waals surface area (Å²) in [4.78, 5) is 27.8. The number of carbonyl (C=O) groups excluding carboxylic acids is 2. The van der Waals surface area contributed by atoms with Gasteiger partial charge >= 0.3 is 0 Å². The predicted octanol–water partition coefficient (Wildman–Crippen LogP) is 2.45. The van der Waals surface area contributed by atoms with Crippen LogP contribution >= 0.6 is 0 Å². The predicted molar refractivity (Wildman–Crippen MR) is 128 cm³/mol. The molecule has 2 aliphatic heterocycles. The molecule has 0 spiro atoms. The van der Waals surface area contributed by atoms with Gasteiger partial charge in [0.25, 0.3) is 11.8 Å². The highest BCUT2D eigenvalue weighted by atomic mass is 16.2. The van der Waals surface area contributed by atoms with Crippen molar-refractivity contribution in [3.05, 3.63) is 60.7 Å². The lowest BCUT2D eigenvalue weighted by atomic mass is 10.2. The lowest BCUT2D eigenvalue weighted by molar-refractivity contribution is -0.125. The highest BCUT2D eigenvalue weighted by Crippen LogP contribution is 2.15. The largest absolute Gasteiger partial charge is 0.299 e. The van der Waals surface area contributed by atoms with Gasteiger partial charge in [-0.15, -0.1) is 0 Å². The van der Waals surface area contributed by atoms with Gasteiger partial charge in [-0.2, -0.15) is 0 Å². The summed E-state index contributed by atoms with van der Waals surface area (Å²) in [6, 6.07) is 19.3. The van der Waals surface area contributed by atoms with E-state index in [2.05, 4.69) is 31.5 Å². The Morgan fingerprint density at radius 2 is 1.06 bits per heavy atom.